The monoisotopic (exact) mass is 287 g/mol. The lowest BCUT2D eigenvalue weighted by Gasteiger charge is -2.08. The minimum atomic E-state index is -0.0110. The maximum atomic E-state index is 9.31. The molecule has 1 fully saturated rings. The Morgan fingerprint density at radius 2 is 2.00 bits per heavy atom. The number of unbranched alkanes of at least 4 members (excludes halogenated alkanes) is 1. The van der Waals surface area contributed by atoms with E-state index in [1.165, 1.54) is 12.8 Å². The van der Waals surface area contributed by atoms with Crippen molar-refractivity contribution < 1.29 is 9.84 Å². The Balaban J connectivity index is 1.44. The summed E-state index contributed by atoms with van der Waals surface area (Å²) in [6.07, 6.45) is 4.36. The first kappa shape index (κ1) is 14.1. The van der Waals surface area contributed by atoms with Gasteiger partial charge < -0.3 is 9.84 Å². The fourth-order valence-electron chi connectivity index (χ4n) is 2.51. The molecule has 5 heteroatoms. The smallest absolute Gasteiger partial charge is 0.119 e. The van der Waals surface area contributed by atoms with E-state index in [0.29, 0.717) is 12.5 Å². The van der Waals surface area contributed by atoms with Crippen molar-refractivity contribution in [1.82, 2.24) is 15.0 Å². The fourth-order valence-corrected chi connectivity index (χ4v) is 2.51. The number of hydrogen-bond acceptors (Lipinski definition) is 4. The van der Waals surface area contributed by atoms with Crippen LogP contribution in [0.25, 0.3) is 0 Å². The average Bonchev–Trinajstić information content (AvgIpc) is 3.28. The Morgan fingerprint density at radius 1 is 1.19 bits per heavy atom. The van der Waals surface area contributed by atoms with Gasteiger partial charge in [-0.2, -0.15) is 0 Å². The number of nitrogens with zero attached hydrogens (tertiary/aromatic N) is 3. The second-order valence-electron chi connectivity index (χ2n) is 5.45. The average molecular weight is 287 g/mol. The number of aliphatic hydroxyl groups is 1. The number of hydrogen-bond donors (Lipinski definition) is 1. The minimum absolute atomic E-state index is 0.0110. The summed E-state index contributed by atoms with van der Waals surface area (Å²) in [5.41, 5.74) is 1.89. The lowest BCUT2D eigenvalue weighted by atomic mass is 10.2. The Morgan fingerprint density at radius 3 is 2.71 bits per heavy atom. The van der Waals surface area contributed by atoms with Gasteiger partial charge in [0.25, 0.3) is 0 Å². The molecule has 112 valence electrons. The summed E-state index contributed by atoms with van der Waals surface area (Å²) in [6, 6.07) is 9.87. The van der Waals surface area contributed by atoms with E-state index >= 15 is 0 Å². The van der Waals surface area contributed by atoms with E-state index in [9.17, 15) is 5.11 Å². The first-order valence-corrected chi connectivity index (χ1v) is 7.59. The summed E-state index contributed by atoms with van der Waals surface area (Å²) in [6.45, 7) is 1.55. The van der Waals surface area contributed by atoms with Crippen LogP contribution in [-0.4, -0.2) is 26.7 Å². The summed E-state index contributed by atoms with van der Waals surface area (Å²) in [5.74, 6) is 1.47. The van der Waals surface area contributed by atoms with E-state index in [4.69, 9.17) is 4.74 Å². The van der Waals surface area contributed by atoms with E-state index in [1.807, 2.05) is 35.0 Å². The molecule has 0 spiro atoms. The van der Waals surface area contributed by atoms with E-state index in [2.05, 4.69) is 10.3 Å². The van der Waals surface area contributed by atoms with Crippen LogP contribution in [0.3, 0.4) is 0 Å². The van der Waals surface area contributed by atoms with Gasteiger partial charge in [0.2, 0.25) is 0 Å². The Hall–Kier alpha value is -1.88. The third-order valence-electron chi connectivity index (χ3n) is 3.74. The first-order valence-electron chi connectivity index (χ1n) is 7.59. The van der Waals surface area contributed by atoms with Gasteiger partial charge in [-0.05, 0) is 37.8 Å². The molecule has 2 aromatic rings. The number of aliphatic hydroxyl groups excluding tert-OH is 1. The molecule has 1 saturated carbocycles. The maximum absolute atomic E-state index is 9.31. The van der Waals surface area contributed by atoms with Gasteiger partial charge in [-0.1, -0.05) is 23.4 Å². The van der Waals surface area contributed by atoms with E-state index in [0.717, 1.165) is 36.5 Å². The van der Waals surface area contributed by atoms with Gasteiger partial charge in [-0.15, -0.1) is 5.10 Å². The van der Waals surface area contributed by atoms with Crippen LogP contribution >= 0.6 is 0 Å². The van der Waals surface area contributed by atoms with Crippen molar-refractivity contribution in [3.05, 3.63) is 41.7 Å². The molecule has 0 unspecified atom stereocenters. The van der Waals surface area contributed by atoms with Gasteiger partial charge in [0.1, 0.15) is 11.4 Å². The van der Waals surface area contributed by atoms with Crippen molar-refractivity contribution in [1.29, 1.82) is 0 Å². The fraction of sp³-hybridized carbons (Fsp3) is 0.500. The van der Waals surface area contributed by atoms with Crippen LogP contribution in [0.1, 0.15) is 43.0 Å². The molecular weight excluding hydrogens is 266 g/mol. The van der Waals surface area contributed by atoms with Crippen LogP contribution in [0.15, 0.2) is 30.3 Å². The summed E-state index contributed by atoms with van der Waals surface area (Å²) >= 11 is 0. The Labute approximate surface area is 124 Å². The van der Waals surface area contributed by atoms with Crippen molar-refractivity contribution in [3.8, 4) is 5.75 Å². The molecule has 0 radical (unpaired) electrons. The van der Waals surface area contributed by atoms with Gasteiger partial charge in [0.15, 0.2) is 0 Å². The molecule has 1 aliphatic carbocycles. The second kappa shape index (κ2) is 6.72. The molecular formula is C16H21N3O2. The minimum Gasteiger partial charge on any atom is -0.494 e. The van der Waals surface area contributed by atoms with E-state index < -0.39 is 0 Å². The predicted octanol–water partition coefficient (Wildman–Crippen LogP) is 2.51. The lowest BCUT2D eigenvalue weighted by molar-refractivity contribution is 0.275. The van der Waals surface area contributed by atoms with Crippen LogP contribution < -0.4 is 4.74 Å². The molecule has 3 rings (SSSR count). The summed E-state index contributed by atoms with van der Waals surface area (Å²) in [5, 5.41) is 17.6. The third-order valence-corrected chi connectivity index (χ3v) is 3.74. The highest BCUT2D eigenvalue weighted by atomic mass is 16.5. The maximum Gasteiger partial charge on any atom is 0.119 e. The number of rotatable bonds is 8. The number of ether oxygens (including phenoxy) is 1. The molecule has 0 atom stereocenters. The van der Waals surface area contributed by atoms with Gasteiger partial charge in [-0.25, -0.2) is 4.68 Å². The lowest BCUT2D eigenvalue weighted by Crippen LogP contribution is -2.07. The molecule has 1 N–H and O–H groups in total. The summed E-state index contributed by atoms with van der Waals surface area (Å²) in [4.78, 5) is 0. The molecule has 21 heavy (non-hydrogen) atoms. The summed E-state index contributed by atoms with van der Waals surface area (Å²) < 4.78 is 7.64. The van der Waals surface area contributed by atoms with Crippen molar-refractivity contribution in [2.75, 3.05) is 6.61 Å². The van der Waals surface area contributed by atoms with Crippen LogP contribution in [0.2, 0.25) is 0 Å². The molecule has 0 aliphatic heterocycles. The SMILES string of the molecule is OCc1nnn(CCCCOc2ccccc2)c1C1CC1. The Bertz CT molecular complexity index is 564. The molecule has 0 bridgehead atoms. The predicted molar refractivity (Wildman–Crippen MR) is 79.1 cm³/mol. The topological polar surface area (TPSA) is 60.2 Å². The second-order valence-corrected chi connectivity index (χ2v) is 5.45. The highest BCUT2D eigenvalue weighted by Crippen LogP contribution is 2.41. The molecule has 5 nitrogen and oxygen atoms in total. The third kappa shape index (κ3) is 3.61. The van der Waals surface area contributed by atoms with Crippen molar-refractivity contribution in [2.24, 2.45) is 0 Å². The Kier molecular flexibility index (Phi) is 4.50. The number of aromatic nitrogens is 3. The number of aryl methyl sites for hydroxylation is 1. The highest BCUT2D eigenvalue weighted by molar-refractivity contribution is 5.21. The van der Waals surface area contributed by atoms with Gasteiger partial charge >= 0.3 is 0 Å². The zero-order valence-electron chi connectivity index (χ0n) is 12.1. The van der Waals surface area contributed by atoms with E-state index in [1.54, 1.807) is 0 Å². The summed E-state index contributed by atoms with van der Waals surface area (Å²) in [7, 11) is 0. The van der Waals surface area contributed by atoms with E-state index in [-0.39, 0.29) is 6.61 Å². The largest absolute Gasteiger partial charge is 0.494 e. The molecule has 0 amide bonds. The molecule has 0 saturated heterocycles. The number of benzene rings is 1. The van der Waals surface area contributed by atoms with Crippen LogP contribution in [0.4, 0.5) is 0 Å². The molecule has 1 heterocycles. The molecule has 1 aromatic heterocycles. The zero-order chi connectivity index (χ0) is 14.5. The normalized spacial score (nSPS) is 14.3. The van der Waals surface area contributed by atoms with Gasteiger partial charge in [-0.3, -0.25) is 0 Å². The van der Waals surface area contributed by atoms with Gasteiger partial charge in [0, 0.05) is 12.5 Å². The molecule has 1 aromatic carbocycles. The van der Waals surface area contributed by atoms with Gasteiger partial charge in [0.05, 0.1) is 18.9 Å². The van der Waals surface area contributed by atoms with Crippen molar-refractivity contribution in [3.63, 3.8) is 0 Å². The van der Waals surface area contributed by atoms with Crippen LogP contribution in [-0.2, 0) is 13.2 Å². The zero-order valence-corrected chi connectivity index (χ0v) is 12.1. The molecule has 1 aliphatic rings. The first-order chi connectivity index (χ1) is 10.4. The van der Waals surface area contributed by atoms with Crippen LogP contribution in [0, 0.1) is 0 Å². The highest BCUT2D eigenvalue weighted by Gasteiger charge is 2.30. The standard InChI is InChI=1S/C16H21N3O2/c20-12-15-16(13-8-9-13)19(18-17-15)10-4-5-11-21-14-6-2-1-3-7-14/h1-3,6-7,13,20H,4-5,8-12H2. The van der Waals surface area contributed by atoms with Crippen molar-refractivity contribution in [2.45, 2.75) is 44.8 Å². The van der Waals surface area contributed by atoms with Crippen molar-refractivity contribution >= 4 is 0 Å². The quantitative estimate of drug-likeness (QED) is 0.758. The van der Waals surface area contributed by atoms with Crippen LogP contribution in [0.5, 0.6) is 5.75 Å². The number of para-hydroxylation sites is 1.